The van der Waals surface area contributed by atoms with E-state index in [0.717, 1.165) is 32.3 Å². The van der Waals surface area contributed by atoms with Crippen LogP contribution in [0.5, 0.6) is 0 Å². The number of aliphatic hydroxyl groups is 1. The Morgan fingerprint density at radius 3 is 2.50 bits per heavy atom. The highest BCUT2D eigenvalue weighted by Crippen LogP contribution is 1.99. The van der Waals surface area contributed by atoms with Crippen molar-refractivity contribution in [3.8, 4) is 6.07 Å². The maximum atomic E-state index is 8.47. The summed E-state index contributed by atoms with van der Waals surface area (Å²) in [6.07, 6.45) is 4.57. The summed E-state index contributed by atoms with van der Waals surface area (Å²) in [5.41, 5.74) is 0. The van der Waals surface area contributed by atoms with Crippen LogP contribution in [0, 0.1) is 11.3 Å². The predicted octanol–water partition coefficient (Wildman–Crippen LogP) is 1.47. The Hall–Kier alpha value is -0.590. The highest BCUT2D eigenvalue weighted by molar-refractivity contribution is 4.66. The third kappa shape index (κ3) is 9.41. The van der Waals surface area contributed by atoms with Crippen LogP contribution in [0.25, 0.3) is 0 Å². The van der Waals surface area contributed by atoms with Crippen molar-refractivity contribution in [1.29, 1.82) is 5.26 Å². The SMILES string of the molecule is N#CCCOCCCCCCO. The zero-order chi connectivity index (χ0) is 9.07. The number of hydrogen-bond acceptors (Lipinski definition) is 3. The second-order valence-corrected chi connectivity index (χ2v) is 2.66. The van der Waals surface area contributed by atoms with Crippen molar-refractivity contribution in [2.45, 2.75) is 32.1 Å². The Balaban J connectivity index is 2.78. The van der Waals surface area contributed by atoms with Crippen molar-refractivity contribution in [3.05, 3.63) is 0 Å². The largest absolute Gasteiger partial charge is 0.396 e. The first-order valence-corrected chi connectivity index (χ1v) is 4.47. The molecule has 12 heavy (non-hydrogen) atoms. The third-order valence-corrected chi connectivity index (χ3v) is 1.55. The van der Waals surface area contributed by atoms with Gasteiger partial charge in [0, 0.05) is 13.2 Å². The topological polar surface area (TPSA) is 53.2 Å². The fraction of sp³-hybridized carbons (Fsp3) is 0.889. The van der Waals surface area contributed by atoms with E-state index >= 15 is 0 Å². The van der Waals surface area contributed by atoms with E-state index in [1.807, 2.05) is 6.07 Å². The maximum absolute atomic E-state index is 8.47. The molecule has 0 bridgehead atoms. The number of ether oxygens (including phenoxy) is 1. The van der Waals surface area contributed by atoms with E-state index in [-0.39, 0.29) is 6.61 Å². The summed E-state index contributed by atoms with van der Waals surface area (Å²) in [4.78, 5) is 0. The second-order valence-electron chi connectivity index (χ2n) is 2.66. The predicted molar refractivity (Wildman–Crippen MR) is 46.6 cm³/mol. The molecule has 0 saturated carbocycles. The number of nitriles is 1. The molecule has 0 aromatic heterocycles. The molecular weight excluding hydrogens is 154 g/mol. The molecule has 0 fully saturated rings. The highest BCUT2D eigenvalue weighted by Gasteiger charge is 1.89. The number of unbranched alkanes of at least 4 members (excludes halogenated alkanes) is 3. The minimum absolute atomic E-state index is 0.287. The molecule has 0 aromatic carbocycles. The van der Waals surface area contributed by atoms with Crippen molar-refractivity contribution < 1.29 is 9.84 Å². The minimum Gasteiger partial charge on any atom is -0.396 e. The highest BCUT2D eigenvalue weighted by atomic mass is 16.5. The maximum Gasteiger partial charge on any atom is 0.0645 e. The van der Waals surface area contributed by atoms with Gasteiger partial charge < -0.3 is 9.84 Å². The fourth-order valence-corrected chi connectivity index (χ4v) is 0.889. The first-order chi connectivity index (χ1) is 5.91. The van der Waals surface area contributed by atoms with Gasteiger partial charge in [0.05, 0.1) is 19.1 Å². The number of hydrogen-bond donors (Lipinski definition) is 1. The van der Waals surface area contributed by atoms with Gasteiger partial charge in [-0.1, -0.05) is 12.8 Å². The van der Waals surface area contributed by atoms with Gasteiger partial charge >= 0.3 is 0 Å². The molecule has 0 saturated heterocycles. The zero-order valence-electron chi connectivity index (χ0n) is 7.46. The monoisotopic (exact) mass is 171 g/mol. The van der Waals surface area contributed by atoms with Gasteiger partial charge in [-0.2, -0.15) is 5.26 Å². The number of nitrogens with zero attached hydrogens (tertiary/aromatic N) is 1. The molecule has 0 unspecified atom stereocenters. The van der Waals surface area contributed by atoms with E-state index < -0.39 is 0 Å². The fourth-order valence-electron chi connectivity index (χ4n) is 0.889. The van der Waals surface area contributed by atoms with Gasteiger partial charge in [0.25, 0.3) is 0 Å². The van der Waals surface area contributed by atoms with E-state index in [1.54, 1.807) is 0 Å². The van der Waals surface area contributed by atoms with Gasteiger partial charge in [-0.3, -0.25) is 0 Å². The van der Waals surface area contributed by atoms with Crippen LogP contribution in [0.4, 0.5) is 0 Å². The molecule has 3 nitrogen and oxygen atoms in total. The second kappa shape index (κ2) is 10.4. The van der Waals surface area contributed by atoms with E-state index in [9.17, 15) is 0 Å². The molecule has 0 radical (unpaired) electrons. The molecule has 0 amide bonds. The first-order valence-electron chi connectivity index (χ1n) is 4.47. The average molecular weight is 171 g/mol. The first kappa shape index (κ1) is 11.4. The lowest BCUT2D eigenvalue weighted by molar-refractivity contribution is 0.134. The smallest absolute Gasteiger partial charge is 0.0645 e. The molecule has 70 valence electrons. The van der Waals surface area contributed by atoms with Crippen LogP contribution in [0.15, 0.2) is 0 Å². The number of rotatable bonds is 8. The lowest BCUT2D eigenvalue weighted by Crippen LogP contribution is -1.96. The van der Waals surface area contributed by atoms with Crippen LogP contribution in [0.3, 0.4) is 0 Å². The Kier molecular flexibility index (Phi) is 9.90. The Morgan fingerprint density at radius 1 is 1.08 bits per heavy atom. The molecule has 0 atom stereocenters. The molecule has 0 aliphatic rings. The Bertz CT molecular complexity index is 120. The third-order valence-electron chi connectivity index (χ3n) is 1.55. The summed E-state index contributed by atoms with van der Waals surface area (Å²) >= 11 is 0. The van der Waals surface area contributed by atoms with Crippen molar-refractivity contribution in [2.75, 3.05) is 19.8 Å². The van der Waals surface area contributed by atoms with Crippen LogP contribution in [0.2, 0.25) is 0 Å². The van der Waals surface area contributed by atoms with Gasteiger partial charge in [0.1, 0.15) is 0 Å². The van der Waals surface area contributed by atoms with Crippen molar-refractivity contribution in [2.24, 2.45) is 0 Å². The Morgan fingerprint density at radius 2 is 1.83 bits per heavy atom. The molecule has 0 aliphatic carbocycles. The normalized spacial score (nSPS) is 9.67. The van der Waals surface area contributed by atoms with Crippen molar-refractivity contribution >= 4 is 0 Å². The lowest BCUT2D eigenvalue weighted by atomic mass is 10.2. The summed E-state index contributed by atoms with van der Waals surface area (Å²) < 4.78 is 5.17. The lowest BCUT2D eigenvalue weighted by Gasteiger charge is -2.00. The average Bonchev–Trinajstić information content (AvgIpc) is 2.10. The van der Waals surface area contributed by atoms with Gasteiger partial charge in [0.15, 0.2) is 0 Å². The molecule has 1 N–H and O–H groups in total. The van der Waals surface area contributed by atoms with Crippen LogP contribution in [-0.2, 0) is 4.74 Å². The van der Waals surface area contributed by atoms with Gasteiger partial charge in [0.2, 0.25) is 0 Å². The summed E-state index contributed by atoms with van der Waals surface area (Å²) in [5, 5.41) is 16.7. The quantitative estimate of drug-likeness (QED) is 0.563. The molecule has 3 heteroatoms. The molecule has 0 aliphatic heterocycles. The van der Waals surface area contributed by atoms with Crippen LogP contribution < -0.4 is 0 Å². The summed E-state index contributed by atoms with van der Waals surface area (Å²) in [5.74, 6) is 0. The van der Waals surface area contributed by atoms with Gasteiger partial charge in [-0.15, -0.1) is 0 Å². The summed E-state index contributed by atoms with van der Waals surface area (Å²) in [6, 6.07) is 2.02. The van der Waals surface area contributed by atoms with Crippen LogP contribution in [-0.4, -0.2) is 24.9 Å². The van der Waals surface area contributed by atoms with Gasteiger partial charge in [-0.25, -0.2) is 0 Å². The molecule has 0 rings (SSSR count). The van der Waals surface area contributed by atoms with Gasteiger partial charge in [-0.05, 0) is 12.8 Å². The zero-order valence-corrected chi connectivity index (χ0v) is 7.46. The van der Waals surface area contributed by atoms with Crippen LogP contribution in [0.1, 0.15) is 32.1 Å². The molecule has 0 spiro atoms. The van der Waals surface area contributed by atoms with E-state index in [4.69, 9.17) is 15.1 Å². The molecule has 0 aromatic rings. The summed E-state index contributed by atoms with van der Waals surface area (Å²) in [7, 11) is 0. The standard InChI is InChI=1S/C9H17NO2/c10-6-5-9-12-8-4-2-1-3-7-11/h11H,1-5,7-9H2. The molecule has 0 heterocycles. The van der Waals surface area contributed by atoms with Crippen molar-refractivity contribution in [3.63, 3.8) is 0 Å². The van der Waals surface area contributed by atoms with E-state index in [2.05, 4.69) is 0 Å². The summed E-state index contributed by atoms with van der Waals surface area (Å²) in [6.45, 7) is 1.58. The van der Waals surface area contributed by atoms with E-state index in [0.29, 0.717) is 13.0 Å². The van der Waals surface area contributed by atoms with Crippen LogP contribution >= 0.6 is 0 Å². The van der Waals surface area contributed by atoms with Crippen molar-refractivity contribution in [1.82, 2.24) is 0 Å². The Labute approximate surface area is 74.0 Å². The minimum atomic E-state index is 0.287. The molecular formula is C9H17NO2. The number of aliphatic hydroxyl groups excluding tert-OH is 1. The van der Waals surface area contributed by atoms with E-state index in [1.165, 1.54) is 0 Å².